The molecular formula is C23H21N3O3. The molecule has 29 heavy (non-hydrogen) atoms. The molecule has 0 radical (unpaired) electrons. The van der Waals surface area contributed by atoms with Gasteiger partial charge in [-0.25, -0.2) is 0 Å². The van der Waals surface area contributed by atoms with Crippen molar-refractivity contribution in [1.82, 2.24) is 15.3 Å². The number of H-pyrrole nitrogens is 2. The monoisotopic (exact) mass is 387 g/mol. The third-order valence-corrected chi connectivity index (χ3v) is 5.01. The van der Waals surface area contributed by atoms with Crippen molar-refractivity contribution < 1.29 is 9.53 Å². The molecule has 6 heteroatoms. The number of carbonyl (C=O) groups excluding carboxylic acids is 1. The Morgan fingerprint density at radius 3 is 2.55 bits per heavy atom. The molecule has 4 aromatic rings. The van der Waals surface area contributed by atoms with Gasteiger partial charge in [0, 0.05) is 41.8 Å². The van der Waals surface area contributed by atoms with Crippen LogP contribution in [0, 0.1) is 0 Å². The normalized spacial score (nSPS) is 11.9. The zero-order valence-corrected chi connectivity index (χ0v) is 15.9. The van der Waals surface area contributed by atoms with E-state index in [0.717, 1.165) is 22.0 Å². The number of rotatable bonds is 6. The van der Waals surface area contributed by atoms with Crippen LogP contribution in [0.4, 0.5) is 0 Å². The van der Waals surface area contributed by atoms with Gasteiger partial charge in [-0.1, -0.05) is 48.5 Å². The summed E-state index contributed by atoms with van der Waals surface area (Å²) >= 11 is 0. The summed E-state index contributed by atoms with van der Waals surface area (Å²) < 4.78 is 4.95. The lowest BCUT2D eigenvalue weighted by Gasteiger charge is -2.18. The lowest BCUT2D eigenvalue weighted by molar-refractivity contribution is 0.0947. The SMILES string of the molecule is COc1c[nH]c(C(=O)NC[C@H](c2ccccc2)c2c[nH]c3ccccc23)cc1=O. The Morgan fingerprint density at radius 1 is 1.03 bits per heavy atom. The molecule has 0 spiro atoms. The smallest absolute Gasteiger partial charge is 0.267 e. The molecule has 0 aliphatic heterocycles. The van der Waals surface area contributed by atoms with Gasteiger partial charge in [-0.3, -0.25) is 9.59 Å². The number of fused-ring (bicyclic) bond motifs is 1. The van der Waals surface area contributed by atoms with Crippen molar-refractivity contribution in [3.63, 3.8) is 0 Å². The topological polar surface area (TPSA) is 87.0 Å². The van der Waals surface area contributed by atoms with Crippen LogP contribution in [0.1, 0.15) is 27.5 Å². The molecule has 1 atom stereocenters. The molecule has 0 saturated heterocycles. The molecule has 2 aromatic carbocycles. The Hall–Kier alpha value is -3.80. The maximum atomic E-state index is 12.6. The average Bonchev–Trinajstić information content (AvgIpc) is 3.18. The molecule has 2 heterocycles. The maximum Gasteiger partial charge on any atom is 0.267 e. The summed E-state index contributed by atoms with van der Waals surface area (Å²) in [7, 11) is 1.41. The number of carbonyl (C=O) groups is 1. The number of nitrogens with one attached hydrogen (secondary N) is 3. The number of pyridine rings is 1. The number of benzene rings is 2. The lowest BCUT2D eigenvalue weighted by Crippen LogP contribution is -2.30. The van der Waals surface area contributed by atoms with E-state index >= 15 is 0 Å². The van der Waals surface area contributed by atoms with E-state index in [-0.39, 0.29) is 28.7 Å². The molecule has 1 amide bonds. The van der Waals surface area contributed by atoms with E-state index in [2.05, 4.69) is 21.4 Å². The molecule has 146 valence electrons. The van der Waals surface area contributed by atoms with Gasteiger partial charge in [0.15, 0.2) is 5.75 Å². The first kappa shape index (κ1) is 18.6. The highest BCUT2D eigenvalue weighted by molar-refractivity contribution is 5.92. The standard InChI is InChI=1S/C23H21N3O3/c1-29-22-14-25-20(11-21(22)27)23(28)26-12-17(15-7-3-2-4-8-15)18-13-24-19-10-6-5-9-16(18)19/h2-11,13-14,17,24H,12H2,1H3,(H,25,27)(H,26,28)/t17-/m1/s1. The largest absolute Gasteiger partial charge is 0.491 e. The average molecular weight is 387 g/mol. The van der Waals surface area contributed by atoms with Crippen molar-refractivity contribution in [2.24, 2.45) is 0 Å². The quantitative estimate of drug-likeness (QED) is 0.474. The summed E-state index contributed by atoms with van der Waals surface area (Å²) in [4.78, 5) is 30.7. The summed E-state index contributed by atoms with van der Waals surface area (Å²) in [6, 6.07) is 19.4. The van der Waals surface area contributed by atoms with Crippen LogP contribution < -0.4 is 15.5 Å². The third kappa shape index (κ3) is 3.78. The zero-order chi connectivity index (χ0) is 20.2. The van der Waals surface area contributed by atoms with Crippen LogP contribution in [0.2, 0.25) is 0 Å². The molecule has 0 fully saturated rings. The Kier molecular flexibility index (Phi) is 5.16. The molecule has 0 aliphatic carbocycles. The Balaban J connectivity index is 1.62. The second kappa shape index (κ2) is 8.06. The van der Waals surface area contributed by atoms with Gasteiger partial charge in [0.1, 0.15) is 5.69 Å². The number of hydrogen-bond acceptors (Lipinski definition) is 3. The first-order valence-corrected chi connectivity index (χ1v) is 9.33. The molecule has 0 saturated carbocycles. The predicted molar refractivity (Wildman–Crippen MR) is 113 cm³/mol. The Morgan fingerprint density at radius 2 is 1.79 bits per heavy atom. The summed E-state index contributed by atoms with van der Waals surface area (Å²) in [5.74, 6) is -0.214. The number of ether oxygens (including phenoxy) is 1. The van der Waals surface area contributed by atoms with Crippen LogP contribution in [0.5, 0.6) is 5.75 Å². The molecular weight excluding hydrogens is 366 g/mol. The molecule has 6 nitrogen and oxygen atoms in total. The van der Waals surface area contributed by atoms with Gasteiger partial charge in [-0.15, -0.1) is 0 Å². The molecule has 0 unspecified atom stereocenters. The van der Waals surface area contributed by atoms with Gasteiger partial charge >= 0.3 is 0 Å². The van der Waals surface area contributed by atoms with Gasteiger partial charge in [-0.05, 0) is 17.2 Å². The van der Waals surface area contributed by atoms with E-state index in [1.807, 2.05) is 54.7 Å². The third-order valence-electron chi connectivity index (χ3n) is 5.01. The first-order chi connectivity index (χ1) is 14.2. The second-order valence-corrected chi connectivity index (χ2v) is 6.74. The minimum atomic E-state index is -0.342. The van der Waals surface area contributed by atoms with Gasteiger partial charge in [-0.2, -0.15) is 0 Å². The number of hydrogen-bond donors (Lipinski definition) is 3. The van der Waals surface area contributed by atoms with Crippen molar-refractivity contribution in [2.75, 3.05) is 13.7 Å². The minimum Gasteiger partial charge on any atom is -0.491 e. The van der Waals surface area contributed by atoms with E-state index in [1.54, 1.807) is 0 Å². The first-order valence-electron chi connectivity index (χ1n) is 9.33. The van der Waals surface area contributed by atoms with Crippen LogP contribution in [0.25, 0.3) is 10.9 Å². The molecule has 3 N–H and O–H groups in total. The summed E-state index contributed by atoms with van der Waals surface area (Å²) in [6.07, 6.45) is 3.38. The summed E-state index contributed by atoms with van der Waals surface area (Å²) in [5, 5.41) is 4.07. The van der Waals surface area contributed by atoms with Crippen LogP contribution in [0.15, 0.2) is 77.9 Å². The number of aromatic nitrogens is 2. The van der Waals surface area contributed by atoms with Crippen LogP contribution in [0.3, 0.4) is 0 Å². The second-order valence-electron chi connectivity index (χ2n) is 6.74. The van der Waals surface area contributed by atoms with Gasteiger partial charge in [0.05, 0.1) is 7.11 Å². The maximum absolute atomic E-state index is 12.6. The van der Waals surface area contributed by atoms with Gasteiger partial charge < -0.3 is 20.0 Å². The fourth-order valence-electron chi connectivity index (χ4n) is 3.51. The van der Waals surface area contributed by atoms with Crippen molar-refractivity contribution >= 4 is 16.8 Å². The lowest BCUT2D eigenvalue weighted by atomic mass is 9.91. The van der Waals surface area contributed by atoms with Gasteiger partial charge in [0.25, 0.3) is 5.91 Å². The number of aromatic amines is 2. The summed E-state index contributed by atoms with van der Waals surface area (Å²) in [5.41, 5.74) is 3.11. The van der Waals surface area contributed by atoms with E-state index in [1.165, 1.54) is 19.4 Å². The van der Waals surface area contributed by atoms with Crippen LogP contribution >= 0.6 is 0 Å². The van der Waals surface area contributed by atoms with Crippen molar-refractivity contribution in [1.29, 1.82) is 0 Å². The summed E-state index contributed by atoms with van der Waals surface area (Å²) in [6.45, 7) is 0.388. The zero-order valence-electron chi connectivity index (χ0n) is 15.9. The van der Waals surface area contributed by atoms with Crippen molar-refractivity contribution in [3.8, 4) is 5.75 Å². The predicted octanol–water partition coefficient (Wildman–Crippen LogP) is 3.43. The van der Waals surface area contributed by atoms with E-state index in [0.29, 0.717) is 6.54 Å². The highest BCUT2D eigenvalue weighted by Gasteiger charge is 2.19. The van der Waals surface area contributed by atoms with Gasteiger partial charge in [0.2, 0.25) is 5.43 Å². The molecule has 0 bridgehead atoms. The van der Waals surface area contributed by atoms with E-state index in [4.69, 9.17) is 4.74 Å². The fourth-order valence-corrected chi connectivity index (χ4v) is 3.51. The highest BCUT2D eigenvalue weighted by Crippen LogP contribution is 2.30. The highest BCUT2D eigenvalue weighted by atomic mass is 16.5. The van der Waals surface area contributed by atoms with Crippen LogP contribution in [-0.4, -0.2) is 29.5 Å². The Labute approximate surface area is 167 Å². The molecule has 2 aromatic heterocycles. The number of amides is 1. The Bertz CT molecular complexity index is 1190. The van der Waals surface area contributed by atoms with E-state index in [9.17, 15) is 9.59 Å². The number of para-hydroxylation sites is 1. The van der Waals surface area contributed by atoms with Crippen LogP contribution in [-0.2, 0) is 0 Å². The van der Waals surface area contributed by atoms with E-state index < -0.39 is 0 Å². The van der Waals surface area contributed by atoms with Crippen molar-refractivity contribution in [2.45, 2.75) is 5.92 Å². The van der Waals surface area contributed by atoms with Crippen molar-refractivity contribution in [3.05, 3.63) is 100 Å². The number of methoxy groups -OCH3 is 1. The minimum absolute atomic E-state index is 0.0405. The molecule has 0 aliphatic rings. The fraction of sp³-hybridized carbons (Fsp3) is 0.130. The molecule has 4 rings (SSSR count).